The van der Waals surface area contributed by atoms with Crippen LogP contribution in [0.1, 0.15) is 96.0 Å². The molecule has 0 unspecified atom stereocenters. The number of anilines is 1. The van der Waals surface area contributed by atoms with Gasteiger partial charge in [0, 0.05) is 36.2 Å². The molecule has 1 saturated heterocycles. The Morgan fingerprint density at radius 2 is 1.71 bits per heavy atom. The third-order valence-electron chi connectivity index (χ3n) is 10.6. The Morgan fingerprint density at radius 3 is 2.35 bits per heavy atom. The topological polar surface area (TPSA) is 139 Å². The van der Waals surface area contributed by atoms with Crippen LogP contribution in [0.3, 0.4) is 0 Å². The lowest BCUT2D eigenvalue weighted by Crippen LogP contribution is -2.50. The van der Waals surface area contributed by atoms with Gasteiger partial charge in [0.25, 0.3) is 0 Å². The molecule has 1 aromatic carbocycles. The predicted octanol–water partition coefficient (Wildman–Crippen LogP) is 6.37. The SMILES string of the molecule is CCOC(=O)c1cc2cc(NC(=O)[C@@H]3[C@H]([C@H]4CC[C@H](OC)CC4)CCN3C(=O)[C@H]3CC[C@H]([C@@H](CF)NC(=O)OC(C)(C)C)CC3)ccc2[nH]1. The number of carbonyl (C=O) groups excluding carboxylic acids is 4. The van der Waals surface area contributed by atoms with Gasteiger partial charge < -0.3 is 34.7 Å². The molecular formula is C37H53FN4O7. The van der Waals surface area contributed by atoms with E-state index in [-0.39, 0.29) is 42.3 Å². The molecular weight excluding hydrogens is 631 g/mol. The zero-order chi connectivity index (χ0) is 35.3. The maximum atomic E-state index is 14.2. The molecule has 0 radical (unpaired) electrons. The largest absolute Gasteiger partial charge is 0.461 e. The lowest BCUT2D eigenvalue weighted by Gasteiger charge is -2.38. The van der Waals surface area contributed by atoms with Crippen LogP contribution in [-0.2, 0) is 23.8 Å². The number of alkyl halides is 1. The number of ether oxygens (including phenoxy) is 3. The maximum absolute atomic E-state index is 14.2. The normalized spacial score (nSPS) is 26.6. The van der Waals surface area contributed by atoms with Crippen LogP contribution in [-0.4, -0.2) is 84.5 Å². The summed E-state index contributed by atoms with van der Waals surface area (Å²) in [5.74, 6) is -0.715. The number of benzene rings is 1. The molecule has 5 rings (SSSR count). The average Bonchev–Trinajstić information content (AvgIpc) is 3.71. The first-order valence-electron chi connectivity index (χ1n) is 17.9. The van der Waals surface area contributed by atoms with Crippen LogP contribution in [0.2, 0.25) is 0 Å². The van der Waals surface area contributed by atoms with Crippen molar-refractivity contribution in [3.63, 3.8) is 0 Å². The minimum Gasteiger partial charge on any atom is -0.461 e. The lowest BCUT2D eigenvalue weighted by atomic mass is 9.75. The second-order valence-electron chi connectivity index (χ2n) is 14.9. The number of H-pyrrole nitrogens is 1. The Labute approximate surface area is 288 Å². The molecule has 3 amide bonds. The van der Waals surface area contributed by atoms with Gasteiger partial charge in [0.2, 0.25) is 11.8 Å². The van der Waals surface area contributed by atoms with Gasteiger partial charge in [-0.25, -0.2) is 14.0 Å². The minimum atomic E-state index is -0.706. The van der Waals surface area contributed by atoms with Crippen molar-refractivity contribution in [2.75, 3.05) is 32.3 Å². The van der Waals surface area contributed by atoms with Crippen molar-refractivity contribution in [2.45, 2.75) is 109 Å². The molecule has 0 bridgehead atoms. The molecule has 3 N–H and O–H groups in total. The van der Waals surface area contributed by atoms with E-state index in [9.17, 15) is 23.6 Å². The molecule has 3 atom stereocenters. The van der Waals surface area contributed by atoms with Gasteiger partial charge in [0.05, 0.1) is 18.8 Å². The number of likely N-dealkylation sites (tertiary alicyclic amines) is 1. The summed E-state index contributed by atoms with van der Waals surface area (Å²) >= 11 is 0. The highest BCUT2D eigenvalue weighted by Crippen LogP contribution is 2.42. The van der Waals surface area contributed by atoms with Crippen LogP contribution in [0.5, 0.6) is 0 Å². The number of alkyl carbamates (subject to hydrolysis) is 1. The van der Waals surface area contributed by atoms with Gasteiger partial charge >= 0.3 is 12.1 Å². The van der Waals surface area contributed by atoms with E-state index in [0.29, 0.717) is 49.5 Å². The minimum absolute atomic E-state index is 0.0243. The van der Waals surface area contributed by atoms with Gasteiger partial charge in [-0.1, -0.05) is 0 Å². The van der Waals surface area contributed by atoms with E-state index in [1.165, 1.54) is 0 Å². The number of rotatable bonds is 10. The Balaban J connectivity index is 1.28. The number of hydrogen-bond donors (Lipinski definition) is 3. The highest BCUT2D eigenvalue weighted by Gasteiger charge is 2.47. The standard InChI is InChI=1S/C37H53FN4O7/c1-6-48-35(45)30-20-25-19-26(13-16-29(25)40-30)39-33(43)32-28(22-11-14-27(47-5)15-12-22)17-18-42(32)34(44)24-9-7-23(8-10-24)31(21-38)41-36(46)49-37(2,3)4/h13,16,19-20,22-24,27-28,31-32,40H,6-12,14-15,17-18,21H2,1-5H3,(H,39,43)(H,41,46)/t22-,23-,24-,27-,28-,31+,32-/m0/s1. The average molecular weight is 685 g/mol. The summed E-state index contributed by atoms with van der Waals surface area (Å²) in [6, 6.07) is 5.85. The molecule has 3 fully saturated rings. The van der Waals surface area contributed by atoms with Gasteiger partial charge in [-0.3, -0.25) is 9.59 Å². The van der Waals surface area contributed by atoms with Crippen molar-refractivity contribution in [2.24, 2.45) is 23.7 Å². The second kappa shape index (κ2) is 15.9. The van der Waals surface area contributed by atoms with Crippen LogP contribution < -0.4 is 10.6 Å². The second-order valence-corrected chi connectivity index (χ2v) is 14.9. The van der Waals surface area contributed by atoms with Crippen molar-refractivity contribution >= 4 is 40.5 Å². The summed E-state index contributed by atoms with van der Waals surface area (Å²) in [6.07, 6.45) is 6.43. The van der Waals surface area contributed by atoms with Crippen LogP contribution in [0.15, 0.2) is 24.3 Å². The molecule has 2 saturated carbocycles. The summed E-state index contributed by atoms with van der Waals surface area (Å²) < 4.78 is 30.1. The number of aromatic nitrogens is 1. The third-order valence-corrected chi connectivity index (χ3v) is 10.6. The van der Waals surface area contributed by atoms with E-state index < -0.39 is 36.4 Å². The molecule has 2 aromatic rings. The van der Waals surface area contributed by atoms with E-state index >= 15 is 0 Å². The fourth-order valence-corrected chi connectivity index (χ4v) is 8.14. The Hall–Kier alpha value is -3.67. The lowest BCUT2D eigenvalue weighted by molar-refractivity contribution is -0.142. The summed E-state index contributed by atoms with van der Waals surface area (Å²) in [4.78, 5) is 57.8. The molecule has 12 heteroatoms. The number of carbonyl (C=O) groups is 4. The van der Waals surface area contributed by atoms with Gasteiger partial charge in [-0.05, 0) is 128 Å². The van der Waals surface area contributed by atoms with Crippen molar-refractivity contribution in [1.82, 2.24) is 15.2 Å². The number of halogens is 1. The maximum Gasteiger partial charge on any atom is 0.407 e. The van der Waals surface area contributed by atoms with Crippen LogP contribution in [0, 0.1) is 23.7 Å². The first kappa shape index (κ1) is 36.6. The quantitative estimate of drug-likeness (QED) is 0.247. The molecule has 0 spiro atoms. The first-order valence-corrected chi connectivity index (χ1v) is 17.9. The molecule has 2 heterocycles. The smallest absolute Gasteiger partial charge is 0.407 e. The van der Waals surface area contributed by atoms with Gasteiger partial charge in [0.15, 0.2) is 0 Å². The van der Waals surface area contributed by atoms with Crippen molar-refractivity contribution < 1.29 is 37.8 Å². The molecule has 1 aromatic heterocycles. The fourth-order valence-electron chi connectivity index (χ4n) is 8.14. The van der Waals surface area contributed by atoms with Crippen LogP contribution >= 0.6 is 0 Å². The van der Waals surface area contributed by atoms with Gasteiger partial charge in [0.1, 0.15) is 24.0 Å². The molecule has 3 aliphatic rings. The number of nitrogens with zero attached hydrogens (tertiary/aromatic N) is 1. The Kier molecular flexibility index (Phi) is 11.9. The number of nitrogens with one attached hydrogen (secondary N) is 3. The molecule has 11 nitrogen and oxygen atoms in total. The highest BCUT2D eigenvalue weighted by molar-refractivity contribution is 6.01. The highest BCUT2D eigenvalue weighted by atomic mass is 19.1. The number of fused-ring (bicyclic) bond motifs is 1. The van der Waals surface area contributed by atoms with Crippen molar-refractivity contribution in [3.05, 3.63) is 30.0 Å². The number of hydrogen-bond acceptors (Lipinski definition) is 7. The predicted molar refractivity (Wildman–Crippen MR) is 184 cm³/mol. The van der Waals surface area contributed by atoms with E-state index in [1.54, 1.807) is 51.8 Å². The van der Waals surface area contributed by atoms with Crippen LogP contribution in [0.25, 0.3) is 10.9 Å². The van der Waals surface area contributed by atoms with E-state index in [1.807, 2.05) is 12.1 Å². The van der Waals surface area contributed by atoms with E-state index in [2.05, 4.69) is 15.6 Å². The molecule has 270 valence electrons. The van der Waals surface area contributed by atoms with Crippen molar-refractivity contribution in [3.8, 4) is 0 Å². The first-order chi connectivity index (χ1) is 23.4. The molecule has 2 aliphatic carbocycles. The number of amides is 3. The zero-order valence-electron chi connectivity index (χ0n) is 29.5. The van der Waals surface area contributed by atoms with Gasteiger partial charge in [-0.15, -0.1) is 0 Å². The molecule has 1 aliphatic heterocycles. The van der Waals surface area contributed by atoms with E-state index in [0.717, 1.165) is 43.0 Å². The van der Waals surface area contributed by atoms with Crippen LogP contribution in [0.4, 0.5) is 14.9 Å². The van der Waals surface area contributed by atoms with E-state index in [4.69, 9.17) is 14.2 Å². The Bertz CT molecular complexity index is 1470. The number of methoxy groups -OCH3 is 1. The monoisotopic (exact) mass is 684 g/mol. The van der Waals surface area contributed by atoms with Crippen molar-refractivity contribution in [1.29, 1.82) is 0 Å². The summed E-state index contributed by atoms with van der Waals surface area (Å²) in [5, 5.41) is 6.55. The Morgan fingerprint density at radius 1 is 1.00 bits per heavy atom. The zero-order valence-corrected chi connectivity index (χ0v) is 29.5. The number of esters is 1. The summed E-state index contributed by atoms with van der Waals surface area (Å²) in [5.41, 5.74) is 0.992. The van der Waals surface area contributed by atoms with Gasteiger partial charge in [-0.2, -0.15) is 0 Å². The number of aromatic amines is 1. The fraction of sp³-hybridized carbons (Fsp3) is 0.676. The summed E-state index contributed by atoms with van der Waals surface area (Å²) in [6.45, 7) is 7.11. The summed E-state index contributed by atoms with van der Waals surface area (Å²) in [7, 11) is 1.74. The third kappa shape index (κ3) is 8.93. The molecule has 49 heavy (non-hydrogen) atoms.